The summed E-state index contributed by atoms with van der Waals surface area (Å²) in [7, 11) is 0. The van der Waals surface area contributed by atoms with Crippen molar-refractivity contribution in [3.63, 3.8) is 0 Å². The van der Waals surface area contributed by atoms with Gasteiger partial charge in [0.1, 0.15) is 6.04 Å². The summed E-state index contributed by atoms with van der Waals surface area (Å²) >= 11 is 1.57. The predicted molar refractivity (Wildman–Crippen MR) is 75.1 cm³/mol. The number of amides is 2. The molecule has 0 aliphatic rings. The number of thioether (sulfide) groups is 1. The minimum atomic E-state index is -0.974. The molecule has 0 saturated carbocycles. The molecule has 0 aromatic rings. The molecule has 1 unspecified atom stereocenters. The second kappa shape index (κ2) is 9.08. The van der Waals surface area contributed by atoms with Crippen molar-refractivity contribution in [2.45, 2.75) is 45.7 Å². The van der Waals surface area contributed by atoms with E-state index in [1.54, 1.807) is 16.7 Å². The molecule has 0 radical (unpaired) electrons. The Morgan fingerprint density at radius 2 is 2.00 bits per heavy atom. The summed E-state index contributed by atoms with van der Waals surface area (Å²) in [6.45, 7) is 6.48. The molecular formula is C12H24N2O3S. The number of hydrogen-bond donors (Lipinski definition) is 2. The molecular weight excluding hydrogens is 252 g/mol. The first-order valence-electron chi connectivity index (χ1n) is 6.22. The van der Waals surface area contributed by atoms with Crippen LogP contribution < -0.4 is 5.32 Å². The lowest BCUT2D eigenvalue weighted by Crippen LogP contribution is -2.50. The highest BCUT2D eigenvalue weighted by Crippen LogP contribution is 2.05. The Morgan fingerprint density at radius 1 is 1.39 bits per heavy atom. The van der Waals surface area contributed by atoms with E-state index >= 15 is 0 Å². The molecule has 0 aliphatic carbocycles. The highest BCUT2D eigenvalue weighted by molar-refractivity contribution is 7.98. The molecule has 0 aromatic heterocycles. The summed E-state index contributed by atoms with van der Waals surface area (Å²) in [6, 6.07) is -1.02. The van der Waals surface area contributed by atoms with E-state index in [2.05, 4.69) is 5.32 Å². The highest BCUT2D eigenvalue weighted by Gasteiger charge is 2.23. The molecule has 18 heavy (non-hydrogen) atoms. The molecule has 5 nitrogen and oxygen atoms in total. The van der Waals surface area contributed by atoms with Crippen molar-refractivity contribution >= 4 is 23.8 Å². The summed E-state index contributed by atoms with van der Waals surface area (Å²) in [5.74, 6) is -0.259. The van der Waals surface area contributed by atoms with E-state index in [1.165, 1.54) is 0 Å². The molecule has 0 rings (SSSR count). The van der Waals surface area contributed by atoms with Gasteiger partial charge in [0.25, 0.3) is 0 Å². The lowest BCUT2D eigenvalue weighted by atomic mass is 10.2. The molecule has 0 fully saturated rings. The summed E-state index contributed by atoms with van der Waals surface area (Å²) in [5, 5.41) is 11.6. The van der Waals surface area contributed by atoms with Crippen LogP contribution in [0.15, 0.2) is 0 Å². The highest BCUT2D eigenvalue weighted by atomic mass is 32.2. The van der Waals surface area contributed by atoms with E-state index in [0.29, 0.717) is 18.7 Å². The maximum atomic E-state index is 12.0. The molecule has 2 amide bonds. The molecule has 0 saturated heterocycles. The molecule has 6 heteroatoms. The quantitative estimate of drug-likeness (QED) is 0.711. The fourth-order valence-electron chi connectivity index (χ4n) is 1.56. The number of carboxylic acids is 1. The first-order chi connectivity index (χ1) is 8.43. The smallest absolute Gasteiger partial charge is 0.326 e. The van der Waals surface area contributed by atoms with Crippen LogP contribution in [-0.2, 0) is 4.79 Å². The standard InChI is InChI=1S/C12H24N2O3S/c1-5-7-14(9(2)3)12(17)13-10(11(15)16)6-8-18-4/h9-10H,5-8H2,1-4H3,(H,13,17)(H,15,16). The van der Waals surface area contributed by atoms with Crippen LogP contribution in [0.3, 0.4) is 0 Å². The molecule has 0 aromatic carbocycles. The minimum absolute atomic E-state index is 0.0694. The van der Waals surface area contributed by atoms with Gasteiger partial charge in [-0.1, -0.05) is 6.92 Å². The van der Waals surface area contributed by atoms with Crippen molar-refractivity contribution < 1.29 is 14.7 Å². The van der Waals surface area contributed by atoms with Crippen LogP contribution in [0.2, 0.25) is 0 Å². The zero-order valence-corrected chi connectivity index (χ0v) is 12.4. The number of carbonyl (C=O) groups excluding carboxylic acids is 1. The van der Waals surface area contributed by atoms with Gasteiger partial charge in [-0.3, -0.25) is 0 Å². The van der Waals surface area contributed by atoms with E-state index in [-0.39, 0.29) is 12.1 Å². The Kier molecular flexibility index (Phi) is 8.62. The normalized spacial score (nSPS) is 12.3. The number of urea groups is 1. The molecule has 0 bridgehead atoms. The fourth-order valence-corrected chi connectivity index (χ4v) is 2.03. The van der Waals surface area contributed by atoms with Gasteiger partial charge in [-0.05, 0) is 38.7 Å². The van der Waals surface area contributed by atoms with E-state index < -0.39 is 12.0 Å². The summed E-state index contributed by atoms with van der Waals surface area (Å²) < 4.78 is 0. The first kappa shape index (κ1) is 17.1. The molecule has 106 valence electrons. The van der Waals surface area contributed by atoms with Crippen molar-refractivity contribution in [1.82, 2.24) is 10.2 Å². The molecule has 0 spiro atoms. The van der Waals surface area contributed by atoms with Gasteiger partial charge in [-0.25, -0.2) is 9.59 Å². The Balaban J connectivity index is 4.50. The maximum Gasteiger partial charge on any atom is 0.326 e. The molecule has 2 N–H and O–H groups in total. The Labute approximate surface area is 113 Å². The van der Waals surface area contributed by atoms with E-state index in [0.717, 1.165) is 6.42 Å². The molecule has 0 aliphatic heterocycles. The van der Waals surface area contributed by atoms with Gasteiger partial charge in [-0.2, -0.15) is 11.8 Å². The number of carboxylic acid groups (broad SMARTS) is 1. The van der Waals surface area contributed by atoms with Gasteiger partial charge in [-0.15, -0.1) is 0 Å². The number of aliphatic carboxylic acids is 1. The van der Waals surface area contributed by atoms with Crippen LogP contribution in [0.5, 0.6) is 0 Å². The van der Waals surface area contributed by atoms with Gasteiger partial charge in [0.15, 0.2) is 0 Å². The van der Waals surface area contributed by atoms with Crippen LogP contribution in [0.1, 0.15) is 33.6 Å². The van der Waals surface area contributed by atoms with Gasteiger partial charge >= 0.3 is 12.0 Å². The molecule has 1 atom stereocenters. The van der Waals surface area contributed by atoms with Crippen LogP contribution in [0.25, 0.3) is 0 Å². The Bertz CT molecular complexity index is 272. The van der Waals surface area contributed by atoms with Crippen LogP contribution in [-0.4, -0.2) is 52.6 Å². The number of nitrogens with zero attached hydrogens (tertiary/aromatic N) is 1. The average Bonchev–Trinajstić information content (AvgIpc) is 2.30. The lowest BCUT2D eigenvalue weighted by molar-refractivity contribution is -0.139. The van der Waals surface area contributed by atoms with Crippen LogP contribution in [0.4, 0.5) is 4.79 Å². The van der Waals surface area contributed by atoms with Crippen molar-refractivity contribution in [2.24, 2.45) is 0 Å². The second-order valence-electron chi connectivity index (χ2n) is 4.41. The number of carbonyl (C=O) groups is 2. The number of rotatable bonds is 8. The van der Waals surface area contributed by atoms with Crippen LogP contribution >= 0.6 is 11.8 Å². The second-order valence-corrected chi connectivity index (χ2v) is 5.39. The average molecular weight is 276 g/mol. The number of nitrogens with one attached hydrogen (secondary N) is 1. The molecule has 0 heterocycles. The topological polar surface area (TPSA) is 69.6 Å². The predicted octanol–water partition coefficient (Wildman–Crippen LogP) is 2.02. The zero-order chi connectivity index (χ0) is 14.1. The lowest BCUT2D eigenvalue weighted by Gasteiger charge is -2.28. The third kappa shape index (κ3) is 6.14. The zero-order valence-electron chi connectivity index (χ0n) is 11.6. The van der Waals surface area contributed by atoms with Gasteiger partial charge in [0, 0.05) is 12.6 Å². The van der Waals surface area contributed by atoms with Crippen molar-refractivity contribution in [2.75, 3.05) is 18.6 Å². The van der Waals surface area contributed by atoms with Gasteiger partial charge in [0.2, 0.25) is 0 Å². The minimum Gasteiger partial charge on any atom is -0.480 e. The SMILES string of the molecule is CCCN(C(=O)NC(CCSC)C(=O)O)C(C)C. The third-order valence-electron chi connectivity index (χ3n) is 2.56. The van der Waals surface area contributed by atoms with Gasteiger partial charge < -0.3 is 15.3 Å². The largest absolute Gasteiger partial charge is 0.480 e. The van der Waals surface area contributed by atoms with E-state index in [1.807, 2.05) is 27.0 Å². The maximum absolute atomic E-state index is 12.0. The van der Waals surface area contributed by atoms with E-state index in [9.17, 15) is 9.59 Å². The third-order valence-corrected chi connectivity index (χ3v) is 3.20. The van der Waals surface area contributed by atoms with Crippen molar-refractivity contribution in [3.05, 3.63) is 0 Å². The fraction of sp³-hybridized carbons (Fsp3) is 0.833. The van der Waals surface area contributed by atoms with E-state index in [4.69, 9.17) is 5.11 Å². The van der Waals surface area contributed by atoms with Crippen LogP contribution in [0, 0.1) is 0 Å². The summed E-state index contributed by atoms with van der Waals surface area (Å²) in [4.78, 5) is 24.7. The first-order valence-corrected chi connectivity index (χ1v) is 7.62. The Hall–Kier alpha value is -0.910. The van der Waals surface area contributed by atoms with Gasteiger partial charge in [0.05, 0.1) is 0 Å². The number of hydrogen-bond acceptors (Lipinski definition) is 3. The Morgan fingerprint density at radius 3 is 2.39 bits per heavy atom. The summed E-state index contributed by atoms with van der Waals surface area (Å²) in [6.07, 6.45) is 3.21. The summed E-state index contributed by atoms with van der Waals surface area (Å²) in [5.41, 5.74) is 0. The van der Waals surface area contributed by atoms with Crippen molar-refractivity contribution in [1.29, 1.82) is 0 Å². The van der Waals surface area contributed by atoms with Crippen molar-refractivity contribution in [3.8, 4) is 0 Å². The monoisotopic (exact) mass is 276 g/mol.